The molecule has 1 heterocycles. The Morgan fingerprint density at radius 2 is 2.11 bits per heavy atom. The van der Waals surface area contributed by atoms with E-state index in [1.165, 1.54) is 11.1 Å². The van der Waals surface area contributed by atoms with E-state index < -0.39 is 0 Å². The number of methoxy groups -OCH3 is 1. The minimum absolute atomic E-state index is 0.133. The highest BCUT2D eigenvalue weighted by molar-refractivity contribution is 5.37. The van der Waals surface area contributed by atoms with Crippen LogP contribution in [0.5, 0.6) is 5.75 Å². The lowest BCUT2D eigenvalue weighted by atomic mass is 10.0. The number of rotatable bonds is 5. The molecule has 0 aromatic heterocycles. The number of aryl methyl sites for hydroxylation is 1. The number of hydrogen-bond donors (Lipinski definition) is 1. The number of hydrogen-bond acceptors (Lipinski definition) is 4. The van der Waals surface area contributed by atoms with E-state index in [0.717, 1.165) is 45.0 Å². The van der Waals surface area contributed by atoms with E-state index in [-0.39, 0.29) is 6.04 Å². The zero-order valence-electron chi connectivity index (χ0n) is 11.9. The van der Waals surface area contributed by atoms with Gasteiger partial charge in [0.15, 0.2) is 0 Å². The average molecular weight is 264 g/mol. The summed E-state index contributed by atoms with van der Waals surface area (Å²) in [5.41, 5.74) is 8.71. The maximum Gasteiger partial charge on any atom is 0.122 e. The smallest absolute Gasteiger partial charge is 0.122 e. The molecule has 1 unspecified atom stereocenters. The Hall–Kier alpha value is -1.10. The van der Waals surface area contributed by atoms with Crippen LogP contribution in [0.2, 0.25) is 0 Å². The Bertz CT molecular complexity index is 403. The first-order valence-electron chi connectivity index (χ1n) is 6.88. The summed E-state index contributed by atoms with van der Waals surface area (Å²) in [6, 6.07) is 6.38. The number of nitrogens with two attached hydrogens (primary N) is 1. The molecule has 2 N–H and O–H groups in total. The molecule has 4 heteroatoms. The maximum atomic E-state index is 6.27. The third kappa shape index (κ3) is 4.20. The number of nitrogens with zero attached hydrogens (tertiary/aromatic N) is 1. The van der Waals surface area contributed by atoms with Crippen molar-refractivity contribution in [1.82, 2.24) is 4.90 Å². The van der Waals surface area contributed by atoms with Gasteiger partial charge in [0.1, 0.15) is 5.75 Å². The van der Waals surface area contributed by atoms with Crippen LogP contribution in [0.15, 0.2) is 18.2 Å². The van der Waals surface area contributed by atoms with Crippen LogP contribution >= 0.6 is 0 Å². The molecule has 0 aliphatic carbocycles. The van der Waals surface area contributed by atoms with E-state index >= 15 is 0 Å². The Morgan fingerprint density at radius 3 is 2.79 bits per heavy atom. The second-order valence-electron chi connectivity index (χ2n) is 5.19. The lowest BCUT2D eigenvalue weighted by Gasteiger charge is -2.29. The van der Waals surface area contributed by atoms with Crippen molar-refractivity contribution < 1.29 is 9.47 Å². The van der Waals surface area contributed by atoms with Crippen molar-refractivity contribution in [2.75, 3.05) is 40.0 Å². The van der Waals surface area contributed by atoms with Crippen LogP contribution in [0, 0.1) is 6.92 Å². The largest absolute Gasteiger partial charge is 0.496 e. The molecule has 19 heavy (non-hydrogen) atoms. The summed E-state index contributed by atoms with van der Waals surface area (Å²) < 4.78 is 10.8. The van der Waals surface area contributed by atoms with Crippen molar-refractivity contribution in [3.8, 4) is 5.75 Å². The molecule has 1 aromatic rings. The number of benzene rings is 1. The number of morpholine rings is 1. The molecule has 1 aliphatic rings. The first-order valence-corrected chi connectivity index (χ1v) is 6.88. The fourth-order valence-electron chi connectivity index (χ4n) is 2.53. The molecular formula is C15H24N2O2. The normalized spacial score (nSPS) is 18.3. The van der Waals surface area contributed by atoms with Gasteiger partial charge in [-0.05, 0) is 25.0 Å². The fourth-order valence-corrected chi connectivity index (χ4v) is 2.53. The SMILES string of the molecule is COc1ccc(C)cc1CC(N)CN1CCOCC1. The summed E-state index contributed by atoms with van der Waals surface area (Å²) in [6.45, 7) is 6.62. The molecule has 0 spiro atoms. The molecule has 0 amide bonds. The van der Waals surface area contributed by atoms with Gasteiger partial charge >= 0.3 is 0 Å². The van der Waals surface area contributed by atoms with Crippen LogP contribution < -0.4 is 10.5 Å². The summed E-state index contributed by atoms with van der Waals surface area (Å²) in [6.07, 6.45) is 0.849. The molecular weight excluding hydrogens is 240 g/mol. The van der Waals surface area contributed by atoms with Gasteiger partial charge in [0, 0.05) is 25.7 Å². The molecule has 0 radical (unpaired) electrons. The third-order valence-electron chi connectivity index (χ3n) is 3.51. The highest BCUT2D eigenvalue weighted by Gasteiger charge is 2.15. The standard InChI is InChI=1S/C15H24N2O2/c1-12-3-4-15(18-2)13(9-12)10-14(16)11-17-5-7-19-8-6-17/h3-4,9,14H,5-8,10-11,16H2,1-2H3. The summed E-state index contributed by atoms with van der Waals surface area (Å²) >= 11 is 0. The molecule has 0 bridgehead atoms. The van der Waals surface area contributed by atoms with Crippen LogP contribution in [0.1, 0.15) is 11.1 Å². The third-order valence-corrected chi connectivity index (χ3v) is 3.51. The summed E-state index contributed by atoms with van der Waals surface area (Å²) in [5, 5.41) is 0. The van der Waals surface area contributed by atoms with E-state index in [1.807, 2.05) is 6.07 Å². The second-order valence-corrected chi connectivity index (χ2v) is 5.19. The highest BCUT2D eigenvalue weighted by atomic mass is 16.5. The van der Waals surface area contributed by atoms with Crippen molar-refractivity contribution in [2.45, 2.75) is 19.4 Å². The topological polar surface area (TPSA) is 47.7 Å². The van der Waals surface area contributed by atoms with E-state index in [9.17, 15) is 0 Å². The van der Waals surface area contributed by atoms with Gasteiger partial charge in [-0.1, -0.05) is 17.7 Å². The van der Waals surface area contributed by atoms with Gasteiger partial charge in [-0.15, -0.1) is 0 Å². The predicted molar refractivity (Wildman–Crippen MR) is 76.7 cm³/mol. The molecule has 4 nitrogen and oxygen atoms in total. The van der Waals surface area contributed by atoms with Crippen LogP contribution in [0.3, 0.4) is 0 Å². The van der Waals surface area contributed by atoms with E-state index in [0.29, 0.717) is 0 Å². The fraction of sp³-hybridized carbons (Fsp3) is 0.600. The predicted octanol–water partition coefficient (Wildman–Crippen LogP) is 1.21. The van der Waals surface area contributed by atoms with Crippen LogP contribution in [0.25, 0.3) is 0 Å². The lowest BCUT2D eigenvalue weighted by molar-refractivity contribution is 0.0353. The Morgan fingerprint density at radius 1 is 1.37 bits per heavy atom. The van der Waals surface area contributed by atoms with Gasteiger partial charge in [0.2, 0.25) is 0 Å². The Labute approximate surface area is 115 Å². The van der Waals surface area contributed by atoms with Crippen molar-refractivity contribution in [3.63, 3.8) is 0 Å². The molecule has 2 rings (SSSR count). The minimum atomic E-state index is 0.133. The van der Waals surface area contributed by atoms with E-state index in [4.69, 9.17) is 15.2 Å². The summed E-state index contributed by atoms with van der Waals surface area (Å²) in [4.78, 5) is 2.37. The van der Waals surface area contributed by atoms with Gasteiger partial charge in [-0.3, -0.25) is 4.90 Å². The second kappa shape index (κ2) is 6.89. The molecule has 1 saturated heterocycles. The molecule has 1 fully saturated rings. The van der Waals surface area contributed by atoms with Gasteiger partial charge in [-0.25, -0.2) is 0 Å². The zero-order valence-corrected chi connectivity index (χ0v) is 11.9. The van der Waals surface area contributed by atoms with Crippen molar-refractivity contribution in [1.29, 1.82) is 0 Å². The number of ether oxygens (including phenoxy) is 2. The molecule has 1 aliphatic heterocycles. The van der Waals surface area contributed by atoms with E-state index in [1.54, 1.807) is 7.11 Å². The van der Waals surface area contributed by atoms with Crippen molar-refractivity contribution in [3.05, 3.63) is 29.3 Å². The lowest BCUT2D eigenvalue weighted by Crippen LogP contribution is -2.44. The van der Waals surface area contributed by atoms with Gasteiger partial charge < -0.3 is 15.2 Å². The van der Waals surface area contributed by atoms with Crippen molar-refractivity contribution >= 4 is 0 Å². The highest BCUT2D eigenvalue weighted by Crippen LogP contribution is 2.21. The molecule has 1 aromatic carbocycles. The first-order chi connectivity index (χ1) is 9.19. The monoisotopic (exact) mass is 264 g/mol. The Balaban J connectivity index is 1.93. The molecule has 1 atom stereocenters. The zero-order chi connectivity index (χ0) is 13.7. The van der Waals surface area contributed by atoms with Crippen LogP contribution in [0.4, 0.5) is 0 Å². The van der Waals surface area contributed by atoms with Crippen LogP contribution in [-0.4, -0.2) is 50.9 Å². The first kappa shape index (κ1) is 14.3. The maximum absolute atomic E-state index is 6.27. The van der Waals surface area contributed by atoms with Crippen molar-refractivity contribution in [2.24, 2.45) is 5.73 Å². The summed E-state index contributed by atoms with van der Waals surface area (Å²) in [5.74, 6) is 0.933. The minimum Gasteiger partial charge on any atom is -0.496 e. The van der Waals surface area contributed by atoms with E-state index in [2.05, 4.69) is 24.0 Å². The van der Waals surface area contributed by atoms with Crippen LogP contribution in [-0.2, 0) is 11.2 Å². The average Bonchev–Trinajstić information content (AvgIpc) is 2.40. The van der Waals surface area contributed by atoms with Gasteiger partial charge in [0.25, 0.3) is 0 Å². The summed E-state index contributed by atoms with van der Waals surface area (Å²) in [7, 11) is 1.71. The van der Waals surface area contributed by atoms with Gasteiger partial charge in [0.05, 0.1) is 20.3 Å². The molecule has 106 valence electrons. The Kier molecular flexibility index (Phi) is 5.19. The molecule has 0 saturated carbocycles. The van der Waals surface area contributed by atoms with Gasteiger partial charge in [-0.2, -0.15) is 0 Å². The quantitative estimate of drug-likeness (QED) is 0.868.